The van der Waals surface area contributed by atoms with Gasteiger partial charge >= 0.3 is 6.18 Å². The Morgan fingerprint density at radius 2 is 1.87 bits per heavy atom. The van der Waals surface area contributed by atoms with Crippen LogP contribution in [-0.4, -0.2) is 55.9 Å². The molecule has 5 aromatic rings. The van der Waals surface area contributed by atoms with E-state index in [4.69, 9.17) is 20.0 Å². The molecular formula is C31H29F4N7O4. The quantitative estimate of drug-likeness (QED) is 0.190. The van der Waals surface area contributed by atoms with Gasteiger partial charge < -0.3 is 25.3 Å². The summed E-state index contributed by atoms with van der Waals surface area (Å²) in [5.41, 5.74) is 6.35. The Morgan fingerprint density at radius 1 is 1.11 bits per heavy atom. The summed E-state index contributed by atoms with van der Waals surface area (Å²) in [6, 6.07) is 10.1. The predicted octanol–water partition coefficient (Wildman–Crippen LogP) is 5.42. The van der Waals surface area contributed by atoms with E-state index in [1.54, 1.807) is 18.2 Å². The van der Waals surface area contributed by atoms with Gasteiger partial charge in [0.05, 0.1) is 41.9 Å². The van der Waals surface area contributed by atoms with Crippen molar-refractivity contribution in [2.75, 3.05) is 31.2 Å². The lowest BCUT2D eigenvalue weighted by molar-refractivity contribution is -0.137. The maximum absolute atomic E-state index is 14.4. The third kappa shape index (κ3) is 6.10. The van der Waals surface area contributed by atoms with Crippen molar-refractivity contribution >= 4 is 28.4 Å². The van der Waals surface area contributed by atoms with Gasteiger partial charge in [-0.25, -0.2) is 19.0 Å². The van der Waals surface area contributed by atoms with Gasteiger partial charge in [0.2, 0.25) is 0 Å². The number of amides is 1. The number of furan rings is 1. The summed E-state index contributed by atoms with van der Waals surface area (Å²) < 4.78 is 66.2. The van der Waals surface area contributed by atoms with Crippen LogP contribution in [0.2, 0.25) is 0 Å². The number of nitrogens with two attached hydrogens (primary N) is 1. The molecule has 0 aliphatic carbocycles. The topological polar surface area (TPSA) is 145 Å². The highest BCUT2D eigenvalue weighted by molar-refractivity contribution is 6.06. The number of nitrogens with zero attached hydrogens (tertiary/aromatic N) is 5. The van der Waals surface area contributed by atoms with Gasteiger partial charge in [-0.05, 0) is 55.3 Å². The largest absolute Gasteiger partial charge is 0.495 e. The Balaban J connectivity index is 1.24. The molecule has 15 heteroatoms. The van der Waals surface area contributed by atoms with E-state index in [-0.39, 0.29) is 36.0 Å². The number of likely N-dealkylation sites (tertiary alicyclic amines) is 1. The fourth-order valence-corrected chi connectivity index (χ4v) is 5.59. The van der Waals surface area contributed by atoms with Gasteiger partial charge in [0.25, 0.3) is 5.91 Å². The Labute approximate surface area is 259 Å². The first kappa shape index (κ1) is 31.0. The molecule has 6 rings (SSSR count). The zero-order chi connectivity index (χ0) is 32.6. The highest BCUT2D eigenvalue weighted by Gasteiger charge is 2.32. The number of fused-ring (bicyclic) bond motifs is 1. The van der Waals surface area contributed by atoms with Crippen molar-refractivity contribution in [1.82, 2.24) is 24.6 Å². The van der Waals surface area contributed by atoms with Crippen LogP contribution in [0.5, 0.6) is 5.75 Å². The summed E-state index contributed by atoms with van der Waals surface area (Å²) in [5, 5.41) is 17.2. The van der Waals surface area contributed by atoms with Crippen LogP contribution in [0.4, 0.5) is 29.1 Å². The second-order valence-corrected chi connectivity index (χ2v) is 10.8. The Hall–Kier alpha value is -5.02. The highest BCUT2D eigenvalue weighted by atomic mass is 19.4. The molecule has 0 radical (unpaired) electrons. The average Bonchev–Trinajstić information content (AvgIpc) is 3.66. The smallest absolute Gasteiger partial charge is 0.416 e. The van der Waals surface area contributed by atoms with Crippen molar-refractivity contribution in [2.24, 2.45) is 0 Å². The Kier molecular flexibility index (Phi) is 8.35. The molecule has 0 spiro atoms. The molecule has 3 aromatic heterocycles. The van der Waals surface area contributed by atoms with Gasteiger partial charge in [-0.1, -0.05) is 6.07 Å². The monoisotopic (exact) mass is 639 g/mol. The number of carbonyl (C=O) groups excluding carboxylic acids is 1. The molecule has 46 heavy (non-hydrogen) atoms. The number of aromatic nitrogens is 4. The SMILES string of the molecule is COc1cc(-c2nn(C3CCN(Cc4ccc(CO)o4)CC3)c3ncnc(N)c23)ccc1NC(=O)c1ccc(C(F)(F)F)cc1F. The van der Waals surface area contributed by atoms with Crippen molar-refractivity contribution in [3.05, 3.63) is 83.3 Å². The summed E-state index contributed by atoms with van der Waals surface area (Å²) in [5.74, 6) is -0.511. The first-order valence-electron chi connectivity index (χ1n) is 14.3. The molecular weight excluding hydrogens is 610 g/mol. The number of hydrogen-bond donors (Lipinski definition) is 3. The molecule has 4 heterocycles. The van der Waals surface area contributed by atoms with Crippen molar-refractivity contribution < 1.29 is 36.6 Å². The van der Waals surface area contributed by atoms with E-state index in [1.165, 1.54) is 19.5 Å². The highest BCUT2D eigenvalue weighted by Crippen LogP contribution is 2.38. The number of benzene rings is 2. The molecule has 4 N–H and O–H groups in total. The molecule has 0 saturated carbocycles. The second kappa shape index (κ2) is 12.4. The van der Waals surface area contributed by atoms with Crippen molar-refractivity contribution in [3.63, 3.8) is 0 Å². The van der Waals surface area contributed by atoms with E-state index in [9.17, 15) is 27.5 Å². The fraction of sp³-hybridized carbons (Fsp3) is 0.290. The number of nitrogen functional groups attached to an aromatic ring is 1. The maximum Gasteiger partial charge on any atom is 0.416 e. The van der Waals surface area contributed by atoms with E-state index in [0.29, 0.717) is 40.7 Å². The van der Waals surface area contributed by atoms with Gasteiger partial charge in [0, 0.05) is 18.7 Å². The zero-order valence-corrected chi connectivity index (χ0v) is 24.5. The molecule has 0 unspecified atom stereocenters. The van der Waals surface area contributed by atoms with Crippen LogP contribution in [0.25, 0.3) is 22.3 Å². The molecule has 0 atom stereocenters. The number of halogens is 4. The molecule has 240 valence electrons. The van der Waals surface area contributed by atoms with E-state index < -0.39 is 29.0 Å². The predicted molar refractivity (Wildman–Crippen MR) is 159 cm³/mol. The number of alkyl halides is 3. The van der Waals surface area contributed by atoms with Gasteiger partial charge in [-0.2, -0.15) is 18.3 Å². The normalized spacial score (nSPS) is 14.6. The third-order valence-electron chi connectivity index (χ3n) is 7.94. The molecule has 0 bridgehead atoms. The minimum Gasteiger partial charge on any atom is -0.495 e. The van der Waals surface area contributed by atoms with Crippen LogP contribution >= 0.6 is 0 Å². The number of aliphatic hydroxyl groups excluding tert-OH is 1. The number of methoxy groups -OCH3 is 1. The molecule has 2 aromatic carbocycles. The van der Waals surface area contributed by atoms with Gasteiger partial charge in [-0.15, -0.1) is 0 Å². The van der Waals surface area contributed by atoms with E-state index in [1.807, 2.05) is 10.7 Å². The van der Waals surface area contributed by atoms with Crippen LogP contribution in [0.3, 0.4) is 0 Å². The van der Waals surface area contributed by atoms with Crippen LogP contribution in [0, 0.1) is 5.82 Å². The number of rotatable bonds is 8. The van der Waals surface area contributed by atoms with Crippen molar-refractivity contribution in [2.45, 2.75) is 38.2 Å². The fourth-order valence-electron chi connectivity index (χ4n) is 5.59. The lowest BCUT2D eigenvalue weighted by Crippen LogP contribution is -2.34. The zero-order valence-electron chi connectivity index (χ0n) is 24.5. The Bertz CT molecular complexity index is 1900. The molecule has 1 aliphatic rings. The number of ether oxygens (including phenoxy) is 1. The minimum absolute atomic E-state index is 0.0190. The summed E-state index contributed by atoms with van der Waals surface area (Å²) in [6.07, 6.45) is -1.81. The summed E-state index contributed by atoms with van der Waals surface area (Å²) in [6.45, 7) is 2.03. The first-order chi connectivity index (χ1) is 22.0. The summed E-state index contributed by atoms with van der Waals surface area (Å²) >= 11 is 0. The van der Waals surface area contributed by atoms with E-state index in [0.717, 1.165) is 37.8 Å². The standard InChI is InChI=1S/C31H29F4N7O4/c1-45-25-12-17(2-7-24(25)39-30(44)22-6-3-18(13-23(22)32)31(33,34)35)27-26-28(36)37-16-38-29(26)42(40-27)19-8-10-41(11-9-19)14-20-4-5-21(15-43)46-20/h2-7,12-13,16,19,43H,8-11,14-15H2,1H3,(H,39,44)(H2,36,37,38). The molecule has 1 amide bonds. The van der Waals surface area contributed by atoms with Crippen molar-refractivity contribution in [1.29, 1.82) is 0 Å². The number of piperidine rings is 1. The first-order valence-corrected chi connectivity index (χ1v) is 14.3. The summed E-state index contributed by atoms with van der Waals surface area (Å²) in [7, 11) is 1.38. The van der Waals surface area contributed by atoms with Gasteiger partial charge in [-0.3, -0.25) is 9.69 Å². The number of carbonyl (C=O) groups is 1. The number of hydrogen-bond acceptors (Lipinski definition) is 9. The lowest BCUT2D eigenvalue weighted by atomic mass is 10.0. The Morgan fingerprint density at radius 3 is 2.54 bits per heavy atom. The van der Waals surface area contributed by atoms with Crippen LogP contribution < -0.4 is 15.8 Å². The minimum atomic E-state index is -4.75. The molecule has 1 aliphatic heterocycles. The average molecular weight is 640 g/mol. The summed E-state index contributed by atoms with van der Waals surface area (Å²) in [4.78, 5) is 23.7. The van der Waals surface area contributed by atoms with Gasteiger partial charge in [0.15, 0.2) is 5.65 Å². The van der Waals surface area contributed by atoms with Crippen molar-refractivity contribution in [3.8, 4) is 17.0 Å². The van der Waals surface area contributed by atoms with E-state index >= 15 is 0 Å². The number of anilines is 2. The maximum atomic E-state index is 14.4. The molecule has 1 saturated heterocycles. The second-order valence-electron chi connectivity index (χ2n) is 10.8. The number of aliphatic hydroxyl groups is 1. The van der Waals surface area contributed by atoms with Crippen LogP contribution in [0.15, 0.2) is 59.3 Å². The third-order valence-corrected chi connectivity index (χ3v) is 7.94. The molecule has 1 fully saturated rings. The van der Waals surface area contributed by atoms with Gasteiger partial charge in [0.1, 0.15) is 47.5 Å². The number of nitrogens with one attached hydrogen (secondary N) is 1. The van der Waals surface area contributed by atoms with E-state index in [2.05, 4.69) is 20.2 Å². The lowest BCUT2D eigenvalue weighted by Gasteiger charge is -2.31. The van der Waals surface area contributed by atoms with Crippen LogP contribution in [-0.2, 0) is 19.3 Å². The van der Waals surface area contributed by atoms with Crippen LogP contribution in [0.1, 0.15) is 46.3 Å². The molecule has 11 nitrogen and oxygen atoms in total.